The molecule has 6 rings (SSSR count). The van der Waals surface area contributed by atoms with Crippen molar-refractivity contribution in [3.05, 3.63) is 48.2 Å². The summed E-state index contributed by atoms with van der Waals surface area (Å²) in [7, 11) is -2.98. The summed E-state index contributed by atoms with van der Waals surface area (Å²) in [4.78, 5) is 13.6. The minimum absolute atomic E-state index is 0.140. The van der Waals surface area contributed by atoms with E-state index in [0.29, 0.717) is 47.5 Å². The highest BCUT2D eigenvalue weighted by Gasteiger charge is 2.35. The number of benzene rings is 2. The van der Waals surface area contributed by atoms with Gasteiger partial charge in [-0.3, -0.25) is 14.8 Å². The number of likely N-dealkylation sites (tertiary alicyclic amines) is 1. The van der Waals surface area contributed by atoms with Crippen molar-refractivity contribution in [3.63, 3.8) is 0 Å². The van der Waals surface area contributed by atoms with E-state index in [1.54, 1.807) is 25.3 Å². The molecule has 3 fully saturated rings. The molecule has 60 heavy (non-hydrogen) atoms. The van der Waals surface area contributed by atoms with Gasteiger partial charge in [-0.15, -0.1) is 0 Å². The Morgan fingerprint density at radius 2 is 1.22 bits per heavy atom. The SMILES string of the molecule is CCCCCCCCCCCCCCCCOc1cc(F)c(S(=O)(=O)c2cnc3ccc(OC)cc3c2N2CCC(N3CCN(C4CCN(CC)CC4)CC3)CC2)cc1F. The highest BCUT2D eigenvalue weighted by molar-refractivity contribution is 7.91. The lowest BCUT2D eigenvalue weighted by molar-refractivity contribution is 0.0384. The molecule has 1 aromatic heterocycles. The minimum atomic E-state index is -4.54. The van der Waals surface area contributed by atoms with Gasteiger partial charge in [0.05, 0.1) is 24.9 Å². The lowest BCUT2D eigenvalue weighted by Crippen LogP contribution is -2.56. The van der Waals surface area contributed by atoms with Crippen LogP contribution in [0.2, 0.25) is 0 Å². The first-order valence-electron chi connectivity index (χ1n) is 23.5. The summed E-state index contributed by atoms with van der Waals surface area (Å²) in [5, 5.41) is 0.602. The summed E-state index contributed by atoms with van der Waals surface area (Å²) in [6.45, 7) is 13.7. The van der Waals surface area contributed by atoms with Crippen LogP contribution in [0.25, 0.3) is 10.9 Å². The predicted molar refractivity (Wildman–Crippen MR) is 239 cm³/mol. The number of aromatic nitrogens is 1. The number of anilines is 1. The number of sulfone groups is 1. The van der Waals surface area contributed by atoms with Crippen LogP contribution in [0.4, 0.5) is 14.5 Å². The molecule has 0 spiro atoms. The fourth-order valence-corrected chi connectivity index (χ4v) is 11.2. The fourth-order valence-electron chi connectivity index (χ4n) is 9.74. The zero-order valence-corrected chi connectivity index (χ0v) is 37.8. The van der Waals surface area contributed by atoms with Gasteiger partial charge in [0, 0.05) is 69.0 Å². The summed E-state index contributed by atoms with van der Waals surface area (Å²) in [6, 6.07) is 8.10. The molecule has 0 saturated carbocycles. The van der Waals surface area contributed by atoms with E-state index >= 15 is 8.78 Å². The van der Waals surface area contributed by atoms with Crippen molar-refractivity contribution in [1.82, 2.24) is 19.7 Å². The first-order valence-corrected chi connectivity index (χ1v) is 25.0. The van der Waals surface area contributed by atoms with Crippen LogP contribution in [0.15, 0.2) is 46.3 Å². The van der Waals surface area contributed by atoms with Gasteiger partial charge in [-0.05, 0) is 76.0 Å². The monoisotopic (exact) mass is 854 g/mol. The highest BCUT2D eigenvalue weighted by Crippen LogP contribution is 2.40. The zero-order valence-electron chi connectivity index (χ0n) is 37.0. The summed E-state index contributed by atoms with van der Waals surface area (Å²) < 4.78 is 71.5. The smallest absolute Gasteiger partial charge is 0.213 e. The number of hydrogen-bond acceptors (Lipinski definition) is 9. The highest BCUT2D eigenvalue weighted by atomic mass is 32.2. The third-order valence-corrected chi connectivity index (χ3v) is 15.3. The quantitative estimate of drug-likeness (QED) is 0.0867. The lowest BCUT2D eigenvalue weighted by atomic mass is 9.99. The van der Waals surface area contributed by atoms with Crippen molar-refractivity contribution >= 4 is 26.4 Å². The maximum atomic E-state index is 15.9. The molecule has 12 heteroatoms. The van der Waals surface area contributed by atoms with Crippen LogP contribution in [0.3, 0.4) is 0 Å². The number of piperazine rings is 1. The topological polar surface area (TPSA) is 78.4 Å². The molecule has 3 aromatic rings. The standard InChI is InChI=1S/C48H73F2N5O4S/c1-4-6-7-8-9-10-11-12-13-14-15-16-17-18-33-59-45-35-43(50)46(36-42(45)49)60(56,57)47-37-51-44-20-19-40(58-3)34-41(44)48(47)55-27-23-39(24-28-55)54-31-29-53(30-32-54)38-21-25-52(5-2)26-22-38/h19-20,34-39H,4-18,21-33H2,1-3H3. The van der Waals surface area contributed by atoms with Crippen molar-refractivity contribution in [3.8, 4) is 11.5 Å². The van der Waals surface area contributed by atoms with Crippen LogP contribution in [-0.2, 0) is 9.84 Å². The van der Waals surface area contributed by atoms with E-state index in [4.69, 9.17) is 9.47 Å². The Balaban J connectivity index is 1.04. The molecule has 3 saturated heterocycles. The second-order valence-electron chi connectivity index (χ2n) is 17.5. The van der Waals surface area contributed by atoms with Gasteiger partial charge in [0.2, 0.25) is 9.84 Å². The second kappa shape index (κ2) is 23.4. The number of methoxy groups -OCH3 is 1. The van der Waals surface area contributed by atoms with E-state index < -0.39 is 26.4 Å². The first kappa shape index (κ1) is 46.4. The van der Waals surface area contributed by atoms with Gasteiger partial charge in [-0.1, -0.05) is 97.3 Å². The summed E-state index contributed by atoms with van der Waals surface area (Å²) in [6.07, 6.45) is 22.7. The Kier molecular flexibility index (Phi) is 18.1. The van der Waals surface area contributed by atoms with Crippen molar-refractivity contribution in [2.45, 2.75) is 151 Å². The Morgan fingerprint density at radius 3 is 1.77 bits per heavy atom. The third-order valence-electron chi connectivity index (χ3n) is 13.5. The van der Waals surface area contributed by atoms with Crippen molar-refractivity contribution in [1.29, 1.82) is 0 Å². The molecule has 3 aliphatic rings. The zero-order chi connectivity index (χ0) is 42.3. The Morgan fingerprint density at radius 1 is 0.667 bits per heavy atom. The molecule has 4 heterocycles. The van der Waals surface area contributed by atoms with E-state index in [-0.39, 0.29) is 17.3 Å². The summed E-state index contributed by atoms with van der Waals surface area (Å²) >= 11 is 0. The van der Waals surface area contributed by atoms with Crippen LogP contribution in [0, 0.1) is 11.6 Å². The van der Waals surface area contributed by atoms with Crippen molar-refractivity contribution in [2.75, 3.05) is 77.5 Å². The van der Waals surface area contributed by atoms with Crippen LogP contribution >= 0.6 is 0 Å². The molecule has 0 unspecified atom stereocenters. The molecule has 0 N–H and O–H groups in total. The molecule has 0 aliphatic carbocycles. The van der Waals surface area contributed by atoms with Crippen molar-refractivity contribution < 1.29 is 26.7 Å². The number of nitrogens with zero attached hydrogens (tertiary/aromatic N) is 5. The minimum Gasteiger partial charge on any atom is -0.497 e. The number of unbranched alkanes of at least 4 members (excludes halogenated alkanes) is 13. The number of ether oxygens (including phenoxy) is 2. The van der Waals surface area contributed by atoms with Crippen LogP contribution < -0.4 is 14.4 Å². The maximum absolute atomic E-state index is 15.9. The average Bonchev–Trinajstić information content (AvgIpc) is 3.28. The molecule has 9 nitrogen and oxygen atoms in total. The largest absolute Gasteiger partial charge is 0.497 e. The lowest BCUT2D eigenvalue weighted by Gasteiger charge is -2.46. The number of rotatable bonds is 23. The van der Waals surface area contributed by atoms with E-state index in [2.05, 4.69) is 38.4 Å². The molecule has 0 atom stereocenters. The Labute approximate surface area is 360 Å². The van der Waals surface area contributed by atoms with Crippen molar-refractivity contribution in [2.24, 2.45) is 0 Å². The number of pyridine rings is 1. The molecule has 0 radical (unpaired) electrons. The van der Waals surface area contributed by atoms with Gasteiger partial charge in [0.1, 0.15) is 21.4 Å². The fraction of sp³-hybridized carbons (Fsp3) is 0.688. The first-order chi connectivity index (χ1) is 29.2. The molecular formula is C48H73F2N5O4S. The molecular weight excluding hydrogens is 781 g/mol. The summed E-state index contributed by atoms with van der Waals surface area (Å²) in [5.41, 5.74) is 1.06. The van der Waals surface area contributed by atoms with E-state index in [1.165, 1.54) is 103 Å². The number of piperidine rings is 2. The maximum Gasteiger partial charge on any atom is 0.213 e. The van der Waals surface area contributed by atoms with Gasteiger partial charge in [-0.25, -0.2) is 17.2 Å². The number of halogens is 2. The molecule has 0 amide bonds. The Hall–Kier alpha value is -3.06. The van der Waals surface area contributed by atoms with Gasteiger partial charge in [-0.2, -0.15) is 0 Å². The molecule has 2 aromatic carbocycles. The average molecular weight is 854 g/mol. The second-order valence-corrected chi connectivity index (χ2v) is 19.4. The number of fused-ring (bicyclic) bond motifs is 1. The normalized spacial score (nSPS) is 18.1. The molecule has 334 valence electrons. The number of hydrogen-bond donors (Lipinski definition) is 0. The van der Waals surface area contributed by atoms with Crippen LogP contribution in [-0.4, -0.2) is 113 Å². The Bertz CT molecular complexity index is 1880. The van der Waals surface area contributed by atoms with Gasteiger partial charge in [0.25, 0.3) is 0 Å². The molecule has 0 bridgehead atoms. The van der Waals surface area contributed by atoms with E-state index in [1.807, 2.05) is 0 Å². The third kappa shape index (κ3) is 12.3. The van der Waals surface area contributed by atoms with E-state index in [9.17, 15) is 8.42 Å². The van der Waals surface area contributed by atoms with Gasteiger partial charge >= 0.3 is 0 Å². The predicted octanol–water partition coefficient (Wildman–Crippen LogP) is 10.3. The van der Waals surface area contributed by atoms with Gasteiger partial charge < -0.3 is 19.3 Å². The van der Waals surface area contributed by atoms with Gasteiger partial charge in [0.15, 0.2) is 11.6 Å². The molecule has 3 aliphatic heterocycles. The van der Waals surface area contributed by atoms with Crippen LogP contribution in [0.5, 0.6) is 11.5 Å². The van der Waals surface area contributed by atoms with Crippen LogP contribution in [0.1, 0.15) is 129 Å². The summed E-state index contributed by atoms with van der Waals surface area (Å²) in [5.74, 6) is -1.65. The van der Waals surface area contributed by atoms with E-state index in [0.717, 1.165) is 77.0 Å².